The van der Waals surface area contributed by atoms with Crippen molar-refractivity contribution in [2.75, 3.05) is 5.32 Å². The molecule has 0 unspecified atom stereocenters. The zero-order chi connectivity index (χ0) is 21.4. The number of nitrogens with zero attached hydrogens (tertiary/aromatic N) is 3. The van der Waals surface area contributed by atoms with Crippen LogP contribution in [-0.2, 0) is 0 Å². The zero-order valence-electron chi connectivity index (χ0n) is 16.6. The Labute approximate surface area is 182 Å². The number of amides is 1. The summed E-state index contributed by atoms with van der Waals surface area (Å²) in [6.07, 6.45) is 1.41. The molecule has 0 saturated carbocycles. The summed E-state index contributed by atoms with van der Waals surface area (Å²) in [5.41, 5.74) is 9.97. The summed E-state index contributed by atoms with van der Waals surface area (Å²) in [6, 6.07) is 11.5. The quantitative estimate of drug-likeness (QED) is 0.340. The molecule has 2 heterocycles. The number of nitro groups is 1. The minimum atomic E-state index is -0.636. The number of carbonyl (C=O) groups excluding carboxylic acids is 1. The maximum atomic E-state index is 12.0. The van der Waals surface area contributed by atoms with E-state index in [2.05, 4.69) is 15.5 Å². The van der Waals surface area contributed by atoms with E-state index in [0.717, 1.165) is 16.8 Å². The van der Waals surface area contributed by atoms with Gasteiger partial charge in [0, 0.05) is 35.0 Å². The summed E-state index contributed by atoms with van der Waals surface area (Å²) < 4.78 is 5.25. The fraction of sp³-hybridized carbons (Fsp3) is 0.0952. The van der Waals surface area contributed by atoms with Crippen molar-refractivity contribution in [2.45, 2.75) is 13.8 Å². The SMILES string of the molecule is Cc1noc(C)c1-c1ccc2c(Nc3ccc([N+](=O)[O-])cc3)c(C(N)=O)cnc2c1.Cl. The molecule has 0 fully saturated rings. The number of nitrogens with one attached hydrogen (secondary N) is 1. The molecule has 0 aliphatic rings. The Morgan fingerprint density at radius 1 is 1.16 bits per heavy atom. The van der Waals surface area contributed by atoms with Crippen LogP contribution in [0.15, 0.2) is 53.2 Å². The van der Waals surface area contributed by atoms with E-state index < -0.39 is 10.8 Å². The Kier molecular flexibility index (Phi) is 5.89. The third kappa shape index (κ3) is 4.03. The highest BCUT2D eigenvalue weighted by molar-refractivity contribution is 6.08. The standard InChI is InChI=1S/C21H17N5O4.ClH/c1-11-19(12(2)30-25-11)13-3-8-16-18(9-13)23-10-17(21(22)27)20(16)24-14-4-6-15(7-5-14)26(28)29;/h3-10H,1-2H3,(H2,22,27)(H,23,24);1H. The minimum Gasteiger partial charge on any atom is -0.365 e. The van der Waals surface area contributed by atoms with Gasteiger partial charge in [0.2, 0.25) is 0 Å². The van der Waals surface area contributed by atoms with E-state index in [1.807, 2.05) is 32.0 Å². The first-order chi connectivity index (χ1) is 14.3. The molecule has 0 bridgehead atoms. The fourth-order valence-electron chi connectivity index (χ4n) is 3.38. The summed E-state index contributed by atoms with van der Waals surface area (Å²) in [6.45, 7) is 3.70. The summed E-state index contributed by atoms with van der Waals surface area (Å²) >= 11 is 0. The van der Waals surface area contributed by atoms with Gasteiger partial charge in [0.25, 0.3) is 11.6 Å². The van der Waals surface area contributed by atoms with Gasteiger partial charge in [-0.05, 0) is 37.6 Å². The molecule has 2 aromatic carbocycles. The van der Waals surface area contributed by atoms with Crippen LogP contribution in [0.1, 0.15) is 21.8 Å². The number of aromatic nitrogens is 2. The zero-order valence-corrected chi connectivity index (χ0v) is 17.4. The number of nitrogens with two attached hydrogens (primary N) is 1. The average Bonchev–Trinajstić information content (AvgIpc) is 3.06. The highest BCUT2D eigenvalue weighted by Gasteiger charge is 2.17. The van der Waals surface area contributed by atoms with Crippen molar-refractivity contribution in [3.63, 3.8) is 0 Å². The van der Waals surface area contributed by atoms with Gasteiger partial charge in [-0.1, -0.05) is 17.3 Å². The molecular formula is C21H18ClN5O4. The van der Waals surface area contributed by atoms with Crippen molar-refractivity contribution < 1.29 is 14.2 Å². The number of hydrogen-bond donors (Lipinski definition) is 2. The number of benzene rings is 2. The largest absolute Gasteiger partial charge is 0.365 e. The number of anilines is 2. The molecule has 4 rings (SSSR count). The van der Waals surface area contributed by atoms with Gasteiger partial charge in [-0.3, -0.25) is 19.9 Å². The topological polar surface area (TPSA) is 137 Å². The van der Waals surface area contributed by atoms with Crippen molar-refractivity contribution in [2.24, 2.45) is 5.73 Å². The minimum absolute atomic E-state index is 0. The van der Waals surface area contributed by atoms with Gasteiger partial charge in [0.15, 0.2) is 0 Å². The molecule has 3 N–H and O–H groups in total. The average molecular weight is 440 g/mol. The van der Waals surface area contributed by atoms with Crippen molar-refractivity contribution in [1.82, 2.24) is 10.1 Å². The molecule has 0 aliphatic carbocycles. The van der Waals surface area contributed by atoms with Gasteiger partial charge in [0.05, 0.1) is 27.4 Å². The maximum absolute atomic E-state index is 12.0. The molecule has 0 aliphatic heterocycles. The first kappa shape index (κ1) is 21.7. The second kappa shape index (κ2) is 8.41. The van der Waals surface area contributed by atoms with Gasteiger partial charge in [-0.15, -0.1) is 12.4 Å². The van der Waals surface area contributed by atoms with E-state index in [9.17, 15) is 14.9 Å². The molecule has 0 atom stereocenters. The van der Waals surface area contributed by atoms with Crippen LogP contribution in [-0.4, -0.2) is 21.0 Å². The number of hydrogen-bond acceptors (Lipinski definition) is 7. The van der Waals surface area contributed by atoms with Crippen LogP contribution >= 0.6 is 12.4 Å². The van der Waals surface area contributed by atoms with Crippen molar-refractivity contribution in [3.8, 4) is 11.1 Å². The lowest BCUT2D eigenvalue weighted by molar-refractivity contribution is -0.384. The van der Waals surface area contributed by atoms with Gasteiger partial charge in [-0.25, -0.2) is 0 Å². The molecule has 10 heteroatoms. The summed E-state index contributed by atoms with van der Waals surface area (Å²) in [7, 11) is 0. The molecule has 1 amide bonds. The molecule has 0 saturated heterocycles. The van der Waals surface area contributed by atoms with Crippen molar-refractivity contribution in [3.05, 3.63) is 75.8 Å². The maximum Gasteiger partial charge on any atom is 0.269 e. The smallest absolute Gasteiger partial charge is 0.269 e. The number of non-ortho nitro benzene ring substituents is 1. The number of fused-ring (bicyclic) bond motifs is 1. The van der Waals surface area contributed by atoms with Crippen molar-refractivity contribution in [1.29, 1.82) is 0 Å². The van der Waals surface area contributed by atoms with E-state index in [1.54, 1.807) is 12.1 Å². The summed E-state index contributed by atoms with van der Waals surface area (Å²) in [4.78, 5) is 26.8. The second-order valence-electron chi connectivity index (χ2n) is 6.77. The lowest BCUT2D eigenvalue weighted by Crippen LogP contribution is -2.14. The van der Waals surface area contributed by atoms with Crippen LogP contribution in [0.3, 0.4) is 0 Å². The first-order valence-corrected chi connectivity index (χ1v) is 9.02. The Morgan fingerprint density at radius 2 is 1.87 bits per heavy atom. The third-order valence-corrected chi connectivity index (χ3v) is 4.80. The predicted octanol–water partition coefficient (Wildman–Crippen LogP) is 4.68. The highest BCUT2D eigenvalue weighted by Crippen LogP contribution is 2.34. The molecule has 31 heavy (non-hydrogen) atoms. The molecule has 2 aromatic heterocycles. The van der Waals surface area contributed by atoms with E-state index in [1.165, 1.54) is 18.3 Å². The molecular weight excluding hydrogens is 422 g/mol. The number of carbonyl (C=O) groups is 1. The van der Waals surface area contributed by atoms with Crippen LogP contribution in [0.25, 0.3) is 22.0 Å². The number of nitro benzene ring substituents is 1. The molecule has 0 radical (unpaired) electrons. The fourth-order valence-corrected chi connectivity index (χ4v) is 3.38. The second-order valence-corrected chi connectivity index (χ2v) is 6.77. The molecule has 0 spiro atoms. The Morgan fingerprint density at radius 3 is 2.45 bits per heavy atom. The van der Waals surface area contributed by atoms with E-state index >= 15 is 0 Å². The Bertz CT molecular complexity index is 1280. The molecule has 158 valence electrons. The Hall–Kier alpha value is -3.98. The van der Waals surface area contributed by atoms with Crippen LogP contribution in [0.2, 0.25) is 0 Å². The molecule has 9 nitrogen and oxygen atoms in total. The van der Waals surface area contributed by atoms with Crippen LogP contribution < -0.4 is 11.1 Å². The Balaban J connectivity index is 0.00000272. The number of aryl methyl sites for hydroxylation is 2. The first-order valence-electron chi connectivity index (χ1n) is 9.02. The molecule has 4 aromatic rings. The van der Waals surface area contributed by atoms with Crippen molar-refractivity contribution >= 4 is 46.3 Å². The van der Waals surface area contributed by atoms with Gasteiger partial charge < -0.3 is 15.6 Å². The predicted molar refractivity (Wildman–Crippen MR) is 119 cm³/mol. The summed E-state index contributed by atoms with van der Waals surface area (Å²) in [5.74, 6) is 0.0634. The number of halogens is 1. The number of rotatable bonds is 5. The van der Waals surface area contributed by atoms with Crippen LogP contribution in [0.4, 0.5) is 17.1 Å². The van der Waals surface area contributed by atoms with E-state index in [-0.39, 0.29) is 23.7 Å². The monoisotopic (exact) mass is 439 g/mol. The highest BCUT2D eigenvalue weighted by atomic mass is 35.5. The van der Waals surface area contributed by atoms with Gasteiger partial charge >= 0.3 is 0 Å². The third-order valence-electron chi connectivity index (χ3n) is 4.80. The van der Waals surface area contributed by atoms with Gasteiger partial charge in [-0.2, -0.15) is 0 Å². The van der Waals surface area contributed by atoms with Crippen LogP contribution in [0, 0.1) is 24.0 Å². The van der Waals surface area contributed by atoms with E-state index in [4.69, 9.17) is 10.3 Å². The lowest BCUT2D eigenvalue weighted by atomic mass is 10.0. The number of pyridine rings is 1. The van der Waals surface area contributed by atoms with E-state index in [0.29, 0.717) is 28.0 Å². The lowest BCUT2D eigenvalue weighted by Gasteiger charge is -2.14. The summed E-state index contributed by atoms with van der Waals surface area (Å²) in [5, 5.41) is 18.7. The number of primary amides is 1. The van der Waals surface area contributed by atoms with Gasteiger partial charge in [0.1, 0.15) is 5.76 Å². The van der Waals surface area contributed by atoms with Crippen LogP contribution in [0.5, 0.6) is 0 Å². The normalized spacial score (nSPS) is 10.5.